The van der Waals surface area contributed by atoms with E-state index in [0.29, 0.717) is 15.7 Å². The molecule has 0 bridgehead atoms. The van der Waals surface area contributed by atoms with Crippen LogP contribution in [0.4, 0.5) is 0 Å². The molecule has 0 aromatic carbocycles. The predicted octanol–water partition coefficient (Wildman–Crippen LogP) is 5.98. The van der Waals surface area contributed by atoms with Crippen molar-refractivity contribution in [3.8, 4) is 0 Å². The number of hydrogen-bond donors (Lipinski definition) is 1. The first-order chi connectivity index (χ1) is 11.9. The second kappa shape index (κ2) is 21.3. The smallest absolute Gasteiger partial charge is 0.0557 e. The van der Waals surface area contributed by atoms with Gasteiger partial charge in [-0.15, -0.1) is 15.7 Å². The van der Waals surface area contributed by atoms with Gasteiger partial charge in [0.15, 0.2) is 0 Å². The van der Waals surface area contributed by atoms with Crippen LogP contribution in [0.2, 0.25) is 0 Å². The molecule has 0 aliphatic carbocycles. The van der Waals surface area contributed by atoms with Crippen molar-refractivity contribution < 1.29 is 103 Å². The van der Waals surface area contributed by atoms with Gasteiger partial charge in [-0.3, -0.25) is 12.2 Å². The third-order valence-electron chi connectivity index (χ3n) is 4.47. The Balaban J connectivity index is -0.000000318. The van der Waals surface area contributed by atoms with Crippen molar-refractivity contribution in [3.63, 3.8) is 0 Å². The van der Waals surface area contributed by atoms with Crippen molar-refractivity contribution in [3.05, 3.63) is 30.2 Å². The van der Waals surface area contributed by atoms with Crippen molar-refractivity contribution in [1.82, 2.24) is 0 Å². The van der Waals surface area contributed by atoms with Gasteiger partial charge in [0.1, 0.15) is 0 Å². The molecule has 1 fully saturated rings. The Morgan fingerprint density at radius 1 is 0.893 bits per heavy atom. The van der Waals surface area contributed by atoms with E-state index in [1.807, 2.05) is 17.8 Å². The third kappa shape index (κ3) is 15.6. The van der Waals surface area contributed by atoms with Gasteiger partial charge in [-0.1, -0.05) is 34.6 Å². The van der Waals surface area contributed by atoms with Crippen molar-refractivity contribution in [1.29, 1.82) is 0 Å². The first kappa shape index (κ1) is 36.4. The van der Waals surface area contributed by atoms with Gasteiger partial charge in [0.25, 0.3) is 0 Å². The van der Waals surface area contributed by atoms with Crippen LogP contribution >= 0.6 is 35.3 Å². The van der Waals surface area contributed by atoms with E-state index < -0.39 is 0 Å². The molecule has 28 heavy (non-hydrogen) atoms. The third-order valence-corrected chi connectivity index (χ3v) is 8.71. The Morgan fingerprint density at radius 3 is 1.57 bits per heavy atom. The van der Waals surface area contributed by atoms with Gasteiger partial charge in [-0.2, -0.15) is 48.6 Å². The molecular formula is C21H35OS3Y3-3. The maximum Gasteiger partial charge on any atom is 0.0557 e. The molecule has 1 N–H and O–H groups in total. The molecule has 0 spiro atoms. The topological polar surface area (TPSA) is 20.2 Å². The minimum Gasteiger partial charge on any atom is -0.486 e. The molecule has 0 aromatic rings. The Bertz CT molecular complexity index is 388. The van der Waals surface area contributed by atoms with Crippen LogP contribution in [-0.2, 0) is 98.1 Å². The van der Waals surface area contributed by atoms with E-state index in [1.54, 1.807) is 17.7 Å². The second-order valence-corrected chi connectivity index (χ2v) is 11.6. The zero-order chi connectivity index (χ0) is 18.8. The quantitative estimate of drug-likeness (QED) is 0.375. The molecular weight excluding hydrogens is 631 g/mol. The van der Waals surface area contributed by atoms with Gasteiger partial charge in [0, 0.05) is 103 Å². The summed E-state index contributed by atoms with van der Waals surface area (Å²) in [5.74, 6) is 1.69. The Labute approximate surface area is 263 Å². The number of rotatable bonds is 3. The number of aliphatic hydroxyl groups is 1. The molecule has 3 radical (unpaired) electrons. The molecule has 0 amide bonds. The fraction of sp³-hybridized carbons (Fsp3) is 0.762. The van der Waals surface area contributed by atoms with Crippen molar-refractivity contribution >= 4 is 35.3 Å². The fourth-order valence-corrected chi connectivity index (χ4v) is 6.11. The monoisotopic (exact) mass is 666 g/mol. The zero-order valence-corrected chi connectivity index (χ0v) is 29.3. The van der Waals surface area contributed by atoms with Crippen molar-refractivity contribution in [2.24, 2.45) is 0 Å². The number of thioether (sulfide) groups is 3. The summed E-state index contributed by atoms with van der Waals surface area (Å²) in [5.41, 5.74) is 0. The van der Waals surface area contributed by atoms with E-state index in [9.17, 15) is 0 Å². The summed E-state index contributed by atoms with van der Waals surface area (Å²) in [6.07, 6.45) is 14.4. The fourth-order valence-electron chi connectivity index (χ4n) is 2.70. The molecule has 3 unspecified atom stereocenters. The molecule has 3 heterocycles. The van der Waals surface area contributed by atoms with Crippen molar-refractivity contribution in [2.75, 3.05) is 6.61 Å². The molecule has 0 aromatic heterocycles. The Hall–Kier alpha value is 3.80. The normalized spacial score (nSPS) is 32.8. The summed E-state index contributed by atoms with van der Waals surface area (Å²) in [6, 6.07) is 0. The maximum atomic E-state index is 8.59. The molecule has 155 valence electrons. The van der Waals surface area contributed by atoms with Gasteiger partial charge in [0.05, 0.1) is 6.61 Å². The number of hydrogen-bond acceptors (Lipinski definition) is 4. The summed E-state index contributed by atoms with van der Waals surface area (Å²) in [4.78, 5) is 0. The molecule has 3 aliphatic rings. The van der Waals surface area contributed by atoms with Crippen LogP contribution in [-0.4, -0.2) is 43.2 Å². The van der Waals surface area contributed by atoms with Crippen LogP contribution in [0.25, 0.3) is 0 Å². The minimum absolute atomic E-state index is 0. The molecule has 3 aliphatic heterocycles. The van der Waals surface area contributed by atoms with E-state index >= 15 is 0 Å². The van der Waals surface area contributed by atoms with Gasteiger partial charge in [-0.25, -0.2) is 0 Å². The summed E-state index contributed by atoms with van der Waals surface area (Å²) in [6.45, 7) is 13.6. The van der Waals surface area contributed by atoms with Gasteiger partial charge in [-0.05, 0) is 23.3 Å². The molecule has 0 saturated carbocycles. The van der Waals surface area contributed by atoms with E-state index in [-0.39, 0.29) is 105 Å². The number of aliphatic hydroxyl groups excluding tert-OH is 1. The standard InChI is InChI=1S/C8H15S.C7H11S.C6H9OS.3Y/c1-4-8-5-6(2)7(3)9-8;1-3-7-5-4-6(2)8-7;1-5-2-3-6(4-7)8-5;;;/h7-8H,4-5H2,1-3H3;5-7H,3H2,1-2H3;3,5-7H,4H2,1H3;;;/q3*-1;;;/t7?,8-;6?,7-;5?,6-;;;/m110.../s1. The van der Waals surface area contributed by atoms with Crippen LogP contribution < -0.4 is 0 Å². The average molecular weight is 666 g/mol. The average Bonchev–Trinajstić information content (AvgIpc) is 3.30. The van der Waals surface area contributed by atoms with E-state index in [1.165, 1.54) is 19.3 Å². The first-order valence-corrected chi connectivity index (χ1v) is 12.3. The minimum atomic E-state index is 0. The summed E-state index contributed by atoms with van der Waals surface area (Å²) in [7, 11) is 0. The van der Waals surface area contributed by atoms with Crippen molar-refractivity contribution in [2.45, 2.75) is 92.3 Å². The van der Waals surface area contributed by atoms with Crippen LogP contribution in [0, 0.1) is 18.1 Å². The van der Waals surface area contributed by atoms with Gasteiger partial charge < -0.3 is 23.2 Å². The van der Waals surface area contributed by atoms with Crippen LogP contribution in [0.5, 0.6) is 0 Å². The molecule has 3 rings (SSSR count). The van der Waals surface area contributed by atoms with Crippen LogP contribution in [0.3, 0.4) is 0 Å². The SMILES string of the molecule is CC1[C-]=C[C@@H](CO)S1.CC[C@@H]1C=[C-]C(C)S1.CC[C@@H]1C[C-](C)C(C)S1.[Y].[Y].[Y]. The molecule has 1 saturated heterocycles. The Morgan fingerprint density at radius 2 is 1.39 bits per heavy atom. The predicted molar refractivity (Wildman–Crippen MR) is 119 cm³/mol. The summed E-state index contributed by atoms with van der Waals surface area (Å²) >= 11 is 5.88. The van der Waals surface area contributed by atoms with Crippen LogP contribution in [0.1, 0.15) is 60.8 Å². The van der Waals surface area contributed by atoms with Gasteiger partial charge in [0.2, 0.25) is 0 Å². The summed E-state index contributed by atoms with van der Waals surface area (Å²) in [5, 5.41) is 12.5. The second-order valence-electron chi connectivity index (χ2n) is 6.75. The molecule has 7 heteroatoms. The van der Waals surface area contributed by atoms with E-state index in [4.69, 9.17) is 5.11 Å². The first-order valence-electron chi connectivity index (χ1n) is 9.47. The molecule has 1 nitrogen and oxygen atoms in total. The Kier molecular flexibility index (Phi) is 27.7. The van der Waals surface area contributed by atoms with Gasteiger partial charge >= 0.3 is 0 Å². The van der Waals surface area contributed by atoms with Crippen LogP contribution in [0.15, 0.2) is 12.2 Å². The van der Waals surface area contributed by atoms with E-state index in [2.05, 4.69) is 71.5 Å². The summed E-state index contributed by atoms with van der Waals surface area (Å²) < 4.78 is 0. The van der Waals surface area contributed by atoms with E-state index in [0.717, 1.165) is 15.7 Å². The largest absolute Gasteiger partial charge is 0.486 e. The maximum absolute atomic E-state index is 8.59. The zero-order valence-electron chi connectivity index (χ0n) is 18.4. The molecule has 6 atom stereocenters.